The number of benzene rings is 1. The third-order valence-electron chi connectivity index (χ3n) is 7.04. The molecule has 0 saturated carbocycles. The first-order valence-electron chi connectivity index (χ1n) is 13.0. The average molecular weight is 534 g/mol. The minimum Gasteiger partial charge on any atom is -0.459 e. The summed E-state index contributed by atoms with van der Waals surface area (Å²) in [6, 6.07) is 10.4. The van der Waals surface area contributed by atoms with E-state index in [1.54, 1.807) is 38.3 Å². The van der Waals surface area contributed by atoms with Crippen LogP contribution in [0.1, 0.15) is 63.6 Å². The lowest BCUT2D eigenvalue weighted by Gasteiger charge is -2.35. The number of hydrogen-bond donors (Lipinski definition) is 1. The van der Waals surface area contributed by atoms with Gasteiger partial charge in [-0.05, 0) is 51.8 Å². The fourth-order valence-corrected chi connectivity index (χ4v) is 5.10. The molecule has 0 amide bonds. The molecule has 5 rings (SSSR count). The van der Waals surface area contributed by atoms with Crippen molar-refractivity contribution in [2.75, 3.05) is 0 Å². The van der Waals surface area contributed by atoms with E-state index in [2.05, 4.69) is 0 Å². The first kappa shape index (κ1) is 26.6. The minimum atomic E-state index is -1.81. The topological polar surface area (TPSA) is 140 Å². The summed E-state index contributed by atoms with van der Waals surface area (Å²) in [5.41, 5.74) is 6.49. The second kappa shape index (κ2) is 9.60. The average Bonchev–Trinajstić information content (AvgIpc) is 3.24. The number of esters is 3. The van der Waals surface area contributed by atoms with Crippen molar-refractivity contribution in [3.05, 3.63) is 63.4 Å². The van der Waals surface area contributed by atoms with Gasteiger partial charge in [0.05, 0.1) is 29.0 Å². The molecule has 0 bridgehead atoms. The first-order chi connectivity index (χ1) is 18.4. The van der Waals surface area contributed by atoms with E-state index in [1.165, 1.54) is 0 Å². The molecule has 0 spiro atoms. The van der Waals surface area contributed by atoms with Crippen LogP contribution in [0.2, 0.25) is 0 Å². The molecule has 0 saturated heterocycles. The van der Waals surface area contributed by atoms with Crippen LogP contribution >= 0.6 is 0 Å². The smallest absolute Gasteiger partial charge is 0.355 e. The van der Waals surface area contributed by atoms with E-state index in [1.807, 2.05) is 30.3 Å². The van der Waals surface area contributed by atoms with Gasteiger partial charge in [0.15, 0.2) is 0 Å². The fraction of sp³-hybridized carbons (Fsp3) is 0.414. The Bertz CT molecular complexity index is 1570. The summed E-state index contributed by atoms with van der Waals surface area (Å²) >= 11 is 0. The number of nitrogens with two attached hydrogens (primary N) is 1. The lowest BCUT2D eigenvalue weighted by molar-refractivity contribution is -0.189. The molecule has 2 aliphatic rings. The van der Waals surface area contributed by atoms with Gasteiger partial charge in [0.1, 0.15) is 18.2 Å². The van der Waals surface area contributed by atoms with Crippen LogP contribution in [0.4, 0.5) is 0 Å². The van der Waals surface area contributed by atoms with E-state index in [-0.39, 0.29) is 37.0 Å². The SMILES string of the molecule is CC[C@@]1(OC(=O)CC[C@H](N)C(=O)OC(C)(C)C)C(=O)OCc2c1cc1n(c2=O)Cc2cc3ccccc3nc2-1. The number of carbonyl (C=O) groups excluding carboxylic acids is 3. The normalized spacial score (nSPS) is 18.5. The first-order valence-corrected chi connectivity index (χ1v) is 13.0. The summed E-state index contributed by atoms with van der Waals surface area (Å²) in [5, 5.41) is 0.960. The second-order valence-corrected chi connectivity index (χ2v) is 10.9. The van der Waals surface area contributed by atoms with Crippen molar-refractivity contribution >= 4 is 28.8 Å². The summed E-state index contributed by atoms with van der Waals surface area (Å²) in [5.74, 6) is -2.13. The Kier molecular flexibility index (Phi) is 6.54. The largest absolute Gasteiger partial charge is 0.459 e. The van der Waals surface area contributed by atoms with Gasteiger partial charge in [0.2, 0.25) is 5.60 Å². The van der Waals surface area contributed by atoms with Crippen molar-refractivity contribution in [1.29, 1.82) is 0 Å². The highest BCUT2D eigenvalue weighted by molar-refractivity contribution is 5.88. The van der Waals surface area contributed by atoms with Crippen LogP contribution in [-0.4, -0.2) is 39.1 Å². The van der Waals surface area contributed by atoms with Crippen molar-refractivity contribution in [3.8, 4) is 11.4 Å². The van der Waals surface area contributed by atoms with Crippen molar-refractivity contribution in [2.45, 2.75) is 77.4 Å². The van der Waals surface area contributed by atoms with E-state index in [9.17, 15) is 19.2 Å². The predicted octanol–water partition coefficient (Wildman–Crippen LogP) is 3.08. The van der Waals surface area contributed by atoms with Gasteiger partial charge in [-0.2, -0.15) is 0 Å². The Labute approximate surface area is 225 Å². The Morgan fingerprint density at radius 2 is 1.95 bits per heavy atom. The van der Waals surface area contributed by atoms with E-state index in [4.69, 9.17) is 24.9 Å². The van der Waals surface area contributed by atoms with Gasteiger partial charge in [0.25, 0.3) is 5.56 Å². The third-order valence-corrected chi connectivity index (χ3v) is 7.04. The van der Waals surface area contributed by atoms with Crippen LogP contribution in [0.25, 0.3) is 22.3 Å². The van der Waals surface area contributed by atoms with E-state index in [0.29, 0.717) is 23.5 Å². The number of aromatic nitrogens is 2. The maximum absolute atomic E-state index is 13.6. The second-order valence-electron chi connectivity index (χ2n) is 10.9. The molecule has 0 radical (unpaired) electrons. The molecule has 0 fully saturated rings. The fourth-order valence-electron chi connectivity index (χ4n) is 5.10. The molecule has 4 heterocycles. The third kappa shape index (κ3) is 4.69. The van der Waals surface area contributed by atoms with E-state index < -0.39 is 35.2 Å². The number of ether oxygens (including phenoxy) is 3. The molecule has 0 aliphatic carbocycles. The molecule has 2 N–H and O–H groups in total. The molecular weight excluding hydrogens is 502 g/mol. The number of rotatable bonds is 6. The highest BCUT2D eigenvalue weighted by Gasteiger charge is 2.50. The number of fused-ring (bicyclic) bond motifs is 5. The van der Waals surface area contributed by atoms with Crippen molar-refractivity contribution in [2.24, 2.45) is 5.73 Å². The number of para-hydroxylation sites is 1. The van der Waals surface area contributed by atoms with Gasteiger partial charge in [-0.3, -0.25) is 14.4 Å². The summed E-state index contributed by atoms with van der Waals surface area (Å²) < 4.78 is 18.0. The monoisotopic (exact) mass is 533 g/mol. The minimum absolute atomic E-state index is 0.0351. The standard InChI is InChI=1S/C29H31N3O7/c1-5-29(38-23(33)11-10-20(30)26(35)39-28(2,3)4)19-13-22-24-17(12-16-8-6-7-9-21(16)31-24)14-32(22)25(34)18(19)15-37-27(29)36/h6-9,12-13,20H,5,10-11,14-15,30H2,1-4H3/t20-,29-/m0/s1. The van der Waals surface area contributed by atoms with Gasteiger partial charge in [-0.15, -0.1) is 0 Å². The summed E-state index contributed by atoms with van der Waals surface area (Å²) in [7, 11) is 0. The zero-order chi connectivity index (χ0) is 28.1. The number of hydrogen-bond acceptors (Lipinski definition) is 9. The highest BCUT2D eigenvalue weighted by atomic mass is 16.6. The summed E-state index contributed by atoms with van der Waals surface area (Å²) in [6.07, 6.45) is -0.221. The summed E-state index contributed by atoms with van der Waals surface area (Å²) in [6.45, 7) is 6.96. The lowest BCUT2D eigenvalue weighted by Crippen LogP contribution is -2.47. The molecule has 3 aromatic rings. The van der Waals surface area contributed by atoms with E-state index in [0.717, 1.165) is 16.5 Å². The molecule has 10 nitrogen and oxygen atoms in total. The van der Waals surface area contributed by atoms with Crippen LogP contribution in [0.3, 0.4) is 0 Å². The molecule has 2 atom stereocenters. The van der Waals surface area contributed by atoms with Crippen LogP contribution in [-0.2, 0) is 47.3 Å². The van der Waals surface area contributed by atoms with E-state index >= 15 is 0 Å². The van der Waals surface area contributed by atoms with Crippen molar-refractivity contribution in [3.63, 3.8) is 0 Å². The summed E-state index contributed by atoms with van der Waals surface area (Å²) in [4.78, 5) is 56.7. The Morgan fingerprint density at radius 1 is 1.21 bits per heavy atom. The Balaban J connectivity index is 1.47. The molecule has 0 unspecified atom stereocenters. The molecule has 2 aliphatic heterocycles. The molecular formula is C29H31N3O7. The number of pyridine rings is 2. The number of carbonyl (C=O) groups is 3. The predicted molar refractivity (Wildman–Crippen MR) is 141 cm³/mol. The van der Waals surface area contributed by atoms with Gasteiger partial charge >= 0.3 is 17.9 Å². The number of nitrogens with zero attached hydrogens (tertiary/aromatic N) is 2. The van der Waals surface area contributed by atoms with Gasteiger partial charge in [0, 0.05) is 22.9 Å². The van der Waals surface area contributed by atoms with Gasteiger partial charge < -0.3 is 24.5 Å². The van der Waals surface area contributed by atoms with Crippen molar-refractivity contribution in [1.82, 2.24) is 9.55 Å². The van der Waals surface area contributed by atoms with Gasteiger partial charge in [-0.1, -0.05) is 25.1 Å². The van der Waals surface area contributed by atoms with Gasteiger partial charge in [-0.25, -0.2) is 9.78 Å². The maximum atomic E-state index is 13.6. The Morgan fingerprint density at radius 3 is 2.67 bits per heavy atom. The maximum Gasteiger partial charge on any atom is 0.355 e. The lowest BCUT2D eigenvalue weighted by atomic mass is 9.85. The van der Waals surface area contributed by atoms with Crippen LogP contribution < -0.4 is 11.3 Å². The highest BCUT2D eigenvalue weighted by Crippen LogP contribution is 2.41. The van der Waals surface area contributed by atoms with Crippen LogP contribution in [0.5, 0.6) is 0 Å². The molecule has 204 valence electrons. The quantitative estimate of drug-likeness (QED) is 0.292. The van der Waals surface area contributed by atoms with Crippen molar-refractivity contribution < 1.29 is 28.6 Å². The molecule has 39 heavy (non-hydrogen) atoms. The van der Waals surface area contributed by atoms with Crippen LogP contribution in [0.15, 0.2) is 41.2 Å². The van der Waals surface area contributed by atoms with Crippen LogP contribution in [0, 0.1) is 0 Å². The number of cyclic esters (lactones) is 1. The zero-order valence-electron chi connectivity index (χ0n) is 22.4. The zero-order valence-corrected chi connectivity index (χ0v) is 22.4. The Hall–Kier alpha value is -4.05. The molecule has 10 heteroatoms. The molecule has 1 aromatic carbocycles. The molecule has 2 aromatic heterocycles.